The first-order chi connectivity index (χ1) is 14.1. The highest BCUT2D eigenvalue weighted by Crippen LogP contribution is 2.30. The van der Waals surface area contributed by atoms with Gasteiger partial charge in [0.05, 0.1) is 20.8 Å². The zero-order valence-electron chi connectivity index (χ0n) is 17.7. The molecule has 8 heteroatoms. The van der Waals surface area contributed by atoms with E-state index < -0.39 is 0 Å². The lowest BCUT2D eigenvalue weighted by Gasteiger charge is -2.34. The Balaban J connectivity index is 1.57. The number of benzene rings is 1. The Kier molecular flexibility index (Phi) is 7.57. The minimum absolute atomic E-state index is 0.398. The van der Waals surface area contributed by atoms with Crippen molar-refractivity contribution in [2.45, 2.75) is 39.3 Å². The normalized spacial score (nSPS) is 15.3. The number of guanidine groups is 1. The van der Waals surface area contributed by atoms with Crippen LogP contribution in [-0.2, 0) is 6.54 Å². The third-order valence-corrected chi connectivity index (χ3v) is 5.82. The molecule has 2 N–H and O–H groups in total. The molecule has 2 heterocycles. The lowest BCUT2D eigenvalue weighted by atomic mass is 10.0. The first-order valence-electron chi connectivity index (χ1n) is 10.1. The molecule has 0 amide bonds. The highest BCUT2D eigenvalue weighted by molar-refractivity contribution is 7.11. The van der Waals surface area contributed by atoms with Crippen LogP contribution < -0.4 is 25.0 Å². The number of hydrogen-bond acceptors (Lipinski definition) is 6. The van der Waals surface area contributed by atoms with Crippen molar-refractivity contribution in [3.63, 3.8) is 0 Å². The molecule has 1 saturated heterocycles. The van der Waals surface area contributed by atoms with Gasteiger partial charge in [0.2, 0.25) is 0 Å². The van der Waals surface area contributed by atoms with Gasteiger partial charge < -0.3 is 25.0 Å². The Labute approximate surface area is 177 Å². The van der Waals surface area contributed by atoms with Crippen molar-refractivity contribution in [3.8, 4) is 11.5 Å². The first-order valence-corrected chi connectivity index (χ1v) is 10.9. The van der Waals surface area contributed by atoms with Gasteiger partial charge in [0.1, 0.15) is 16.5 Å². The standard InChI is InChI=1S/C21H31N5O2S/c1-5-22-21(24-14-20-23-13-15(2)29-20)25-16-6-8-26(9-7-16)17-10-18(27-3)12-19(11-17)28-4/h10-13,16H,5-9,14H2,1-4H3,(H2,22,24,25). The highest BCUT2D eigenvalue weighted by atomic mass is 32.1. The molecule has 3 rings (SSSR count). The van der Waals surface area contributed by atoms with E-state index in [1.54, 1.807) is 25.6 Å². The summed E-state index contributed by atoms with van der Waals surface area (Å²) in [5.74, 6) is 2.50. The number of thiazole rings is 1. The van der Waals surface area contributed by atoms with E-state index in [1.165, 1.54) is 4.88 Å². The van der Waals surface area contributed by atoms with E-state index in [0.29, 0.717) is 12.6 Å². The van der Waals surface area contributed by atoms with Crippen molar-refractivity contribution in [1.29, 1.82) is 0 Å². The molecule has 0 atom stereocenters. The van der Waals surface area contributed by atoms with Crippen LogP contribution in [0.2, 0.25) is 0 Å². The van der Waals surface area contributed by atoms with Crippen molar-refractivity contribution >= 4 is 23.0 Å². The summed E-state index contributed by atoms with van der Waals surface area (Å²) in [7, 11) is 3.37. The molecule has 158 valence electrons. The van der Waals surface area contributed by atoms with Crippen molar-refractivity contribution in [3.05, 3.63) is 34.3 Å². The summed E-state index contributed by atoms with van der Waals surface area (Å²) in [6.07, 6.45) is 3.99. The van der Waals surface area contributed by atoms with Crippen LogP contribution in [0, 0.1) is 6.92 Å². The van der Waals surface area contributed by atoms with Gasteiger partial charge in [0.15, 0.2) is 5.96 Å². The molecular formula is C21H31N5O2S. The fourth-order valence-corrected chi connectivity index (χ4v) is 4.10. The van der Waals surface area contributed by atoms with Gasteiger partial charge in [-0.15, -0.1) is 11.3 Å². The van der Waals surface area contributed by atoms with Crippen LogP contribution in [0.15, 0.2) is 29.4 Å². The summed E-state index contributed by atoms with van der Waals surface area (Å²) in [4.78, 5) is 12.7. The molecule has 1 aliphatic heterocycles. The molecule has 29 heavy (non-hydrogen) atoms. The van der Waals surface area contributed by atoms with E-state index >= 15 is 0 Å². The zero-order valence-corrected chi connectivity index (χ0v) is 18.5. The Bertz CT molecular complexity index is 793. The smallest absolute Gasteiger partial charge is 0.191 e. The predicted molar refractivity (Wildman–Crippen MR) is 120 cm³/mol. The van der Waals surface area contributed by atoms with Gasteiger partial charge in [-0.25, -0.2) is 9.98 Å². The summed E-state index contributed by atoms with van der Waals surface area (Å²) in [5.41, 5.74) is 1.14. The van der Waals surface area contributed by atoms with Gasteiger partial charge in [-0.2, -0.15) is 0 Å². The second-order valence-electron chi connectivity index (χ2n) is 7.04. The summed E-state index contributed by atoms with van der Waals surface area (Å²) in [6.45, 7) is 7.54. The SMILES string of the molecule is CCNC(=NCc1ncc(C)s1)NC1CCN(c2cc(OC)cc(OC)c2)CC1. The van der Waals surface area contributed by atoms with E-state index in [-0.39, 0.29) is 0 Å². The zero-order chi connectivity index (χ0) is 20.6. The fraction of sp³-hybridized carbons (Fsp3) is 0.524. The number of anilines is 1. The number of rotatable bonds is 7. The van der Waals surface area contributed by atoms with Gasteiger partial charge >= 0.3 is 0 Å². The number of hydrogen-bond donors (Lipinski definition) is 2. The maximum absolute atomic E-state index is 5.41. The Hall–Kier alpha value is -2.48. The average molecular weight is 418 g/mol. The molecule has 0 saturated carbocycles. The quantitative estimate of drug-likeness (QED) is 0.533. The maximum atomic E-state index is 5.41. The highest BCUT2D eigenvalue weighted by Gasteiger charge is 2.21. The molecule has 1 aromatic heterocycles. The fourth-order valence-electron chi connectivity index (χ4n) is 3.39. The third kappa shape index (κ3) is 6.00. The van der Waals surface area contributed by atoms with Crippen LogP contribution in [0.3, 0.4) is 0 Å². The van der Waals surface area contributed by atoms with E-state index in [9.17, 15) is 0 Å². The molecule has 0 spiro atoms. The van der Waals surface area contributed by atoms with Crippen molar-refractivity contribution in [2.24, 2.45) is 4.99 Å². The van der Waals surface area contributed by atoms with Gasteiger partial charge in [0.25, 0.3) is 0 Å². The first kappa shape index (κ1) is 21.2. The van der Waals surface area contributed by atoms with Crippen LogP contribution in [0.25, 0.3) is 0 Å². The number of aliphatic imine (C=N–C) groups is 1. The summed E-state index contributed by atoms with van der Waals surface area (Å²) in [6, 6.07) is 6.44. The van der Waals surface area contributed by atoms with Crippen LogP contribution in [0.1, 0.15) is 29.7 Å². The molecular weight excluding hydrogens is 386 g/mol. The Morgan fingerprint density at radius 1 is 1.21 bits per heavy atom. The number of aromatic nitrogens is 1. The molecule has 7 nitrogen and oxygen atoms in total. The van der Waals surface area contributed by atoms with Crippen molar-refractivity contribution in [1.82, 2.24) is 15.6 Å². The molecule has 0 radical (unpaired) electrons. The predicted octanol–water partition coefficient (Wildman–Crippen LogP) is 3.19. The Morgan fingerprint density at radius 3 is 2.45 bits per heavy atom. The molecule has 0 unspecified atom stereocenters. The molecule has 2 aromatic rings. The van der Waals surface area contributed by atoms with E-state index in [2.05, 4.69) is 46.5 Å². The minimum Gasteiger partial charge on any atom is -0.497 e. The summed E-state index contributed by atoms with van der Waals surface area (Å²) < 4.78 is 10.8. The maximum Gasteiger partial charge on any atom is 0.191 e. The molecule has 1 fully saturated rings. The van der Waals surface area contributed by atoms with Gasteiger partial charge in [-0.3, -0.25) is 0 Å². The second-order valence-corrected chi connectivity index (χ2v) is 8.36. The van der Waals surface area contributed by atoms with Crippen molar-refractivity contribution < 1.29 is 9.47 Å². The number of nitrogens with one attached hydrogen (secondary N) is 2. The summed E-state index contributed by atoms with van der Waals surface area (Å²) >= 11 is 1.70. The van der Waals surface area contributed by atoms with Gasteiger partial charge in [0, 0.05) is 60.6 Å². The van der Waals surface area contributed by atoms with Crippen molar-refractivity contribution in [2.75, 3.05) is 38.8 Å². The molecule has 0 aliphatic carbocycles. The number of ether oxygens (including phenoxy) is 2. The molecule has 0 bridgehead atoms. The number of nitrogens with zero attached hydrogens (tertiary/aromatic N) is 3. The van der Waals surface area contributed by atoms with E-state index in [1.807, 2.05) is 12.3 Å². The van der Waals surface area contributed by atoms with Crippen LogP contribution in [0.4, 0.5) is 5.69 Å². The van der Waals surface area contributed by atoms with Crippen LogP contribution >= 0.6 is 11.3 Å². The van der Waals surface area contributed by atoms with Gasteiger partial charge in [-0.05, 0) is 26.7 Å². The topological polar surface area (TPSA) is 71.0 Å². The lowest BCUT2D eigenvalue weighted by Crippen LogP contribution is -2.48. The largest absolute Gasteiger partial charge is 0.497 e. The number of piperidine rings is 1. The van der Waals surface area contributed by atoms with Crippen LogP contribution in [-0.4, -0.2) is 50.8 Å². The van der Waals surface area contributed by atoms with Gasteiger partial charge in [-0.1, -0.05) is 0 Å². The second kappa shape index (κ2) is 10.3. The van der Waals surface area contributed by atoms with Crippen LogP contribution in [0.5, 0.6) is 11.5 Å². The monoisotopic (exact) mass is 417 g/mol. The summed E-state index contributed by atoms with van der Waals surface area (Å²) in [5, 5.41) is 7.98. The van der Waals surface area contributed by atoms with E-state index in [0.717, 1.165) is 60.6 Å². The number of methoxy groups -OCH3 is 2. The molecule has 1 aromatic carbocycles. The average Bonchev–Trinajstić information content (AvgIpc) is 3.17. The lowest BCUT2D eigenvalue weighted by molar-refractivity contribution is 0.393. The third-order valence-electron chi connectivity index (χ3n) is 4.92. The molecule has 1 aliphatic rings. The number of aryl methyl sites for hydroxylation is 1. The minimum atomic E-state index is 0.398. The Morgan fingerprint density at radius 2 is 1.90 bits per heavy atom. The van der Waals surface area contributed by atoms with E-state index in [4.69, 9.17) is 14.5 Å².